The van der Waals surface area contributed by atoms with Gasteiger partial charge in [0.1, 0.15) is 0 Å². The molecule has 0 aliphatic rings. The number of fused-ring (bicyclic) bond motifs is 1. The first-order chi connectivity index (χ1) is 6.09. The van der Waals surface area contributed by atoms with E-state index in [1.54, 1.807) is 0 Å². The molecule has 0 unspecified atom stereocenters. The number of aryl methyl sites for hydroxylation is 3. The van der Waals surface area contributed by atoms with Gasteiger partial charge in [0.25, 0.3) is 0 Å². The van der Waals surface area contributed by atoms with Crippen LogP contribution in [-0.4, -0.2) is 9.78 Å². The Hall–Kier alpha value is -1.51. The van der Waals surface area contributed by atoms with Gasteiger partial charge in [-0.15, -0.1) is 0 Å². The smallest absolute Gasteiger partial charge is 0.0949 e. The normalized spacial score (nSPS) is 11.0. The zero-order valence-electron chi connectivity index (χ0n) is 8.13. The van der Waals surface area contributed by atoms with Crippen LogP contribution in [0, 0.1) is 13.8 Å². The monoisotopic (exact) mass is 175 g/mol. The predicted molar refractivity (Wildman–Crippen MR) is 54.6 cm³/mol. The summed E-state index contributed by atoms with van der Waals surface area (Å²) in [6.45, 7) is 4.13. The van der Waals surface area contributed by atoms with Crippen molar-refractivity contribution in [3.63, 3.8) is 0 Å². The van der Waals surface area contributed by atoms with E-state index in [4.69, 9.17) is 5.73 Å². The molecule has 0 bridgehead atoms. The number of anilines is 1. The van der Waals surface area contributed by atoms with E-state index < -0.39 is 0 Å². The summed E-state index contributed by atoms with van der Waals surface area (Å²) in [6.07, 6.45) is 0. The van der Waals surface area contributed by atoms with Crippen molar-refractivity contribution in [2.24, 2.45) is 7.05 Å². The van der Waals surface area contributed by atoms with Gasteiger partial charge in [0.05, 0.1) is 5.52 Å². The summed E-state index contributed by atoms with van der Waals surface area (Å²) in [5.41, 5.74) is 9.88. The van der Waals surface area contributed by atoms with E-state index in [0.717, 1.165) is 11.2 Å². The maximum absolute atomic E-state index is 5.73. The third-order valence-corrected chi connectivity index (χ3v) is 2.44. The van der Waals surface area contributed by atoms with Crippen molar-refractivity contribution in [1.29, 1.82) is 0 Å². The number of nitrogens with zero attached hydrogens (tertiary/aromatic N) is 2. The number of benzene rings is 1. The fourth-order valence-corrected chi connectivity index (χ4v) is 1.74. The molecule has 68 valence electrons. The number of hydrogen-bond acceptors (Lipinski definition) is 2. The van der Waals surface area contributed by atoms with E-state index in [9.17, 15) is 0 Å². The second-order valence-electron chi connectivity index (χ2n) is 3.44. The first-order valence-corrected chi connectivity index (χ1v) is 4.29. The van der Waals surface area contributed by atoms with Gasteiger partial charge in [-0.05, 0) is 31.5 Å². The van der Waals surface area contributed by atoms with Crippen molar-refractivity contribution < 1.29 is 0 Å². The number of rotatable bonds is 0. The molecule has 3 nitrogen and oxygen atoms in total. The summed E-state index contributed by atoms with van der Waals surface area (Å²) in [4.78, 5) is 0. The minimum atomic E-state index is 0.781. The Morgan fingerprint density at radius 1 is 1.31 bits per heavy atom. The molecule has 3 heteroatoms. The molecule has 0 saturated carbocycles. The zero-order valence-corrected chi connectivity index (χ0v) is 8.13. The van der Waals surface area contributed by atoms with Gasteiger partial charge >= 0.3 is 0 Å². The lowest BCUT2D eigenvalue weighted by molar-refractivity contribution is 0.751. The molecular formula is C10H13N3. The molecular weight excluding hydrogens is 162 g/mol. The van der Waals surface area contributed by atoms with Gasteiger partial charge in [-0.3, -0.25) is 4.68 Å². The van der Waals surface area contributed by atoms with Crippen LogP contribution in [0.1, 0.15) is 11.3 Å². The van der Waals surface area contributed by atoms with Crippen LogP contribution in [0.3, 0.4) is 0 Å². The highest BCUT2D eigenvalue weighted by atomic mass is 15.3. The average molecular weight is 175 g/mol. The van der Waals surface area contributed by atoms with Gasteiger partial charge in [-0.25, -0.2) is 0 Å². The molecule has 0 radical (unpaired) electrons. The topological polar surface area (TPSA) is 43.8 Å². The molecule has 1 aromatic carbocycles. The summed E-state index contributed by atoms with van der Waals surface area (Å²) >= 11 is 0. The molecule has 0 amide bonds. The summed E-state index contributed by atoms with van der Waals surface area (Å²) in [5, 5.41) is 5.59. The Kier molecular flexibility index (Phi) is 1.55. The Labute approximate surface area is 77.2 Å². The molecule has 0 aliphatic carbocycles. The van der Waals surface area contributed by atoms with Gasteiger partial charge in [0.15, 0.2) is 0 Å². The Morgan fingerprint density at radius 3 is 2.69 bits per heavy atom. The first kappa shape index (κ1) is 8.10. The molecule has 0 fully saturated rings. The maximum atomic E-state index is 5.73. The fourth-order valence-electron chi connectivity index (χ4n) is 1.74. The standard InChI is InChI=1S/C10H13N3/c1-6-4-8(11)5-9-10(6)7(2)13(3)12-9/h4-5H,11H2,1-3H3. The Morgan fingerprint density at radius 2 is 2.00 bits per heavy atom. The third kappa shape index (κ3) is 1.08. The van der Waals surface area contributed by atoms with Crippen LogP contribution in [0.15, 0.2) is 12.1 Å². The van der Waals surface area contributed by atoms with Crippen LogP contribution in [-0.2, 0) is 7.05 Å². The maximum Gasteiger partial charge on any atom is 0.0949 e. The lowest BCUT2D eigenvalue weighted by Gasteiger charge is -1.98. The van der Waals surface area contributed by atoms with E-state index in [1.165, 1.54) is 16.6 Å². The summed E-state index contributed by atoms with van der Waals surface area (Å²) in [7, 11) is 1.95. The number of hydrogen-bond donors (Lipinski definition) is 1. The summed E-state index contributed by atoms with van der Waals surface area (Å²) < 4.78 is 1.89. The lowest BCUT2D eigenvalue weighted by Crippen LogP contribution is -1.91. The van der Waals surface area contributed by atoms with Crippen LogP contribution < -0.4 is 5.73 Å². The molecule has 1 heterocycles. The SMILES string of the molecule is Cc1cc(N)cc2nn(C)c(C)c12. The molecule has 0 saturated heterocycles. The summed E-state index contributed by atoms with van der Waals surface area (Å²) in [6, 6.07) is 3.90. The van der Waals surface area contributed by atoms with Gasteiger partial charge in [-0.2, -0.15) is 5.10 Å². The second-order valence-corrected chi connectivity index (χ2v) is 3.44. The van der Waals surface area contributed by atoms with Crippen molar-refractivity contribution in [3.8, 4) is 0 Å². The Bertz CT molecular complexity index is 468. The van der Waals surface area contributed by atoms with Crippen molar-refractivity contribution >= 4 is 16.6 Å². The molecule has 0 aliphatic heterocycles. The van der Waals surface area contributed by atoms with Gasteiger partial charge in [0, 0.05) is 23.8 Å². The largest absolute Gasteiger partial charge is 0.399 e. The van der Waals surface area contributed by atoms with E-state index in [1.807, 2.05) is 23.9 Å². The van der Waals surface area contributed by atoms with E-state index >= 15 is 0 Å². The highest BCUT2D eigenvalue weighted by Gasteiger charge is 2.07. The molecule has 2 rings (SSSR count). The number of nitrogens with two attached hydrogens (primary N) is 1. The van der Waals surface area contributed by atoms with Crippen LogP contribution in [0.25, 0.3) is 10.9 Å². The molecule has 0 spiro atoms. The molecule has 2 aromatic rings. The molecule has 0 atom stereocenters. The quantitative estimate of drug-likeness (QED) is 0.620. The van der Waals surface area contributed by atoms with Crippen molar-refractivity contribution in [3.05, 3.63) is 23.4 Å². The highest BCUT2D eigenvalue weighted by Crippen LogP contribution is 2.23. The third-order valence-electron chi connectivity index (χ3n) is 2.44. The lowest BCUT2D eigenvalue weighted by atomic mass is 10.1. The number of aromatic nitrogens is 2. The van der Waals surface area contributed by atoms with Gasteiger partial charge in [-0.1, -0.05) is 0 Å². The first-order valence-electron chi connectivity index (χ1n) is 4.29. The van der Waals surface area contributed by atoms with Crippen LogP contribution >= 0.6 is 0 Å². The van der Waals surface area contributed by atoms with Crippen LogP contribution in [0.4, 0.5) is 5.69 Å². The van der Waals surface area contributed by atoms with E-state index in [-0.39, 0.29) is 0 Å². The molecule has 2 N–H and O–H groups in total. The number of nitrogen functional groups attached to an aromatic ring is 1. The Balaban J connectivity index is 2.94. The molecule has 13 heavy (non-hydrogen) atoms. The second kappa shape index (κ2) is 2.49. The minimum Gasteiger partial charge on any atom is -0.399 e. The fraction of sp³-hybridized carbons (Fsp3) is 0.300. The van der Waals surface area contributed by atoms with Crippen LogP contribution in [0.2, 0.25) is 0 Å². The average Bonchev–Trinajstić information content (AvgIpc) is 2.27. The van der Waals surface area contributed by atoms with Crippen molar-refractivity contribution in [2.75, 3.05) is 5.73 Å². The summed E-state index contributed by atoms with van der Waals surface area (Å²) in [5.74, 6) is 0. The van der Waals surface area contributed by atoms with E-state index in [2.05, 4.69) is 18.9 Å². The van der Waals surface area contributed by atoms with Gasteiger partial charge < -0.3 is 5.73 Å². The van der Waals surface area contributed by atoms with Gasteiger partial charge in [0.2, 0.25) is 0 Å². The predicted octanol–water partition coefficient (Wildman–Crippen LogP) is 1.77. The van der Waals surface area contributed by atoms with E-state index in [0.29, 0.717) is 0 Å². The van der Waals surface area contributed by atoms with Crippen molar-refractivity contribution in [2.45, 2.75) is 13.8 Å². The molecule has 1 aromatic heterocycles. The van der Waals surface area contributed by atoms with Crippen molar-refractivity contribution in [1.82, 2.24) is 9.78 Å². The zero-order chi connectivity index (χ0) is 9.59. The highest BCUT2D eigenvalue weighted by molar-refractivity contribution is 5.87. The minimum absolute atomic E-state index is 0.781. The van der Waals surface area contributed by atoms with Crippen LogP contribution in [0.5, 0.6) is 0 Å².